The summed E-state index contributed by atoms with van der Waals surface area (Å²) in [6.07, 6.45) is 6.46. The van der Waals surface area contributed by atoms with Gasteiger partial charge in [0, 0.05) is 12.6 Å². The average Bonchev–Trinajstić information content (AvgIpc) is 2.58. The highest BCUT2D eigenvalue weighted by Gasteiger charge is 2.22. The Hall–Kier alpha value is -1.59. The van der Waals surface area contributed by atoms with Crippen LogP contribution in [0.5, 0.6) is 0 Å². The van der Waals surface area contributed by atoms with Crippen molar-refractivity contribution in [1.82, 2.24) is 15.2 Å². The number of hydrogen-bond acceptors (Lipinski definition) is 5. The molecule has 2 heterocycles. The molecule has 1 atom stereocenters. The summed E-state index contributed by atoms with van der Waals surface area (Å²) in [7, 11) is 0. The molecule has 1 N–H and O–H groups in total. The minimum atomic E-state index is 0.401. The molecule has 23 heavy (non-hydrogen) atoms. The molecule has 0 aliphatic carbocycles. The van der Waals surface area contributed by atoms with Gasteiger partial charge in [-0.2, -0.15) is 10.1 Å². The van der Waals surface area contributed by atoms with E-state index in [1.165, 1.54) is 19.3 Å². The van der Waals surface area contributed by atoms with Crippen LogP contribution in [0.25, 0.3) is 0 Å². The lowest BCUT2D eigenvalue weighted by molar-refractivity contribution is 0.446. The van der Waals surface area contributed by atoms with Gasteiger partial charge < -0.3 is 10.2 Å². The molecular formula is C16H19Cl2N5. The molecule has 1 aromatic carbocycles. The van der Waals surface area contributed by atoms with Crippen LogP contribution < -0.4 is 10.2 Å². The standard InChI is InChI=1S/C16H19Cl2N5/c1-2-11-6-3-4-9-23(11)14-10-19-22-16(20-14)21-15-12(17)7-5-8-13(15)18/h5,7-8,10-11H,2-4,6,9H2,1H3,(H,20,21,22). The van der Waals surface area contributed by atoms with E-state index in [1.807, 2.05) is 0 Å². The maximum atomic E-state index is 6.18. The fraction of sp³-hybridized carbons (Fsp3) is 0.438. The lowest BCUT2D eigenvalue weighted by atomic mass is 10.0. The highest BCUT2D eigenvalue weighted by atomic mass is 35.5. The SMILES string of the molecule is CCC1CCCCN1c1cnnc(Nc2c(Cl)cccc2Cl)n1. The average molecular weight is 352 g/mol. The quantitative estimate of drug-likeness (QED) is 0.865. The smallest absolute Gasteiger partial charge is 0.249 e. The first-order chi connectivity index (χ1) is 11.2. The summed E-state index contributed by atoms with van der Waals surface area (Å²) in [6, 6.07) is 5.85. The van der Waals surface area contributed by atoms with Gasteiger partial charge in [0.25, 0.3) is 0 Å². The zero-order valence-electron chi connectivity index (χ0n) is 13.0. The summed E-state index contributed by atoms with van der Waals surface area (Å²) in [6.45, 7) is 3.21. The van der Waals surface area contributed by atoms with Gasteiger partial charge in [-0.1, -0.05) is 36.2 Å². The summed E-state index contributed by atoms with van der Waals surface area (Å²) in [5, 5.41) is 12.3. The number of piperidine rings is 1. The number of halogens is 2. The van der Waals surface area contributed by atoms with Crippen molar-refractivity contribution in [2.45, 2.75) is 38.6 Å². The second kappa shape index (κ2) is 7.32. The summed E-state index contributed by atoms with van der Waals surface area (Å²) < 4.78 is 0. The fourth-order valence-corrected chi connectivity index (χ4v) is 3.43. The molecule has 1 fully saturated rings. The van der Waals surface area contributed by atoms with E-state index in [0.29, 0.717) is 27.7 Å². The first kappa shape index (κ1) is 16.3. The highest BCUT2D eigenvalue weighted by molar-refractivity contribution is 6.39. The molecule has 0 saturated carbocycles. The fourth-order valence-electron chi connectivity index (χ4n) is 2.94. The molecule has 0 radical (unpaired) electrons. The van der Waals surface area contributed by atoms with Crippen molar-refractivity contribution >= 4 is 40.7 Å². The molecular weight excluding hydrogens is 333 g/mol. The van der Waals surface area contributed by atoms with E-state index < -0.39 is 0 Å². The van der Waals surface area contributed by atoms with Crippen LogP contribution in [0.1, 0.15) is 32.6 Å². The minimum Gasteiger partial charge on any atom is -0.352 e. The van der Waals surface area contributed by atoms with Crippen LogP contribution in [-0.2, 0) is 0 Å². The van der Waals surface area contributed by atoms with Crippen molar-refractivity contribution in [3.05, 3.63) is 34.4 Å². The summed E-state index contributed by atoms with van der Waals surface area (Å²) in [4.78, 5) is 6.91. The number of anilines is 3. The Morgan fingerprint density at radius 2 is 2.04 bits per heavy atom. The van der Waals surface area contributed by atoms with Gasteiger partial charge >= 0.3 is 0 Å². The van der Waals surface area contributed by atoms with Gasteiger partial charge in [0.15, 0.2) is 5.82 Å². The monoisotopic (exact) mass is 351 g/mol. The zero-order chi connectivity index (χ0) is 16.2. The van der Waals surface area contributed by atoms with E-state index in [9.17, 15) is 0 Å². The number of benzene rings is 1. The first-order valence-corrected chi connectivity index (χ1v) is 8.62. The molecule has 2 aromatic rings. The lowest BCUT2D eigenvalue weighted by Gasteiger charge is -2.35. The Kier molecular flexibility index (Phi) is 5.18. The number of aromatic nitrogens is 3. The van der Waals surface area contributed by atoms with Gasteiger partial charge in [-0.3, -0.25) is 0 Å². The van der Waals surface area contributed by atoms with E-state index in [2.05, 4.69) is 32.3 Å². The Morgan fingerprint density at radius 3 is 2.78 bits per heavy atom. The van der Waals surface area contributed by atoms with Gasteiger partial charge in [-0.25, -0.2) is 0 Å². The van der Waals surface area contributed by atoms with Gasteiger partial charge in [-0.05, 0) is 37.8 Å². The predicted octanol–water partition coefficient (Wildman–Crippen LogP) is 4.69. The summed E-state index contributed by atoms with van der Waals surface area (Å²) in [5.74, 6) is 1.25. The van der Waals surface area contributed by atoms with Crippen LogP contribution in [0.3, 0.4) is 0 Å². The maximum absolute atomic E-state index is 6.18. The van der Waals surface area contributed by atoms with Crippen LogP contribution in [0.2, 0.25) is 10.0 Å². The highest BCUT2D eigenvalue weighted by Crippen LogP contribution is 2.32. The summed E-state index contributed by atoms with van der Waals surface area (Å²) in [5.41, 5.74) is 0.598. The lowest BCUT2D eigenvalue weighted by Crippen LogP contribution is -2.39. The molecule has 0 amide bonds. The van der Waals surface area contributed by atoms with Gasteiger partial charge in [-0.15, -0.1) is 5.10 Å². The Labute approximate surface area is 146 Å². The molecule has 1 saturated heterocycles. The molecule has 7 heteroatoms. The van der Waals surface area contributed by atoms with Gasteiger partial charge in [0.1, 0.15) is 0 Å². The van der Waals surface area contributed by atoms with Crippen LogP contribution in [0.15, 0.2) is 24.4 Å². The minimum absolute atomic E-state index is 0.401. The zero-order valence-corrected chi connectivity index (χ0v) is 14.5. The van der Waals surface area contributed by atoms with Gasteiger partial charge in [0.05, 0.1) is 21.9 Å². The number of hydrogen-bond donors (Lipinski definition) is 1. The number of para-hydroxylation sites is 1. The van der Waals surface area contributed by atoms with E-state index in [4.69, 9.17) is 23.2 Å². The molecule has 1 aliphatic heterocycles. The number of rotatable bonds is 4. The van der Waals surface area contributed by atoms with Crippen LogP contribution in [0.4, 0.5) is 17.5 Å². The Bertz CT molecular complexity index is 659. The predicted molar refractivity (Wildman–Crippen MR) is 94.8 cm³/mol. The third-order valence-corrected chi connectivity index (χ3v) is 4.77. The largest absolute Gasteiger partial charge is 0.352 e. The van der Waals surface area contributed by atoms with E-state index >= 15 is 0 Å². The van der Waals surface area contributed by atoms with E-state index in [0.717, 1.165) is 18.8 Å². The van der Waals surface area contributed by atoms with Crippen molar-refractivity contribution < 1.29 is 0 Å². The Morgan fingerprint density at radius 1 is 1.26 bits per heavy atom. The van der Waals surface area contributed by atoms with Crippen LogP contribution >= 0.6 is 23.2 Å². The number of nitrogens with zero attached hydrogens (tertiary/aromatic N) is 4. The molecule has 1 aliphatic rings. The van der Waals surface area contributed by atoms with Crippen molar-refractivity contribution in [3.8, 4) is 0 Å². The van der Waals surface area contributed by atoms with E-state index in [-0.39, 0.29) is 0 Å². The molecule has 0 spiro atoms. The van der Waals surface area contributed by atoms with Crippen molar-refractivity contribution in [2.75, 3.05) is 16.8 Å². The second-order valence-electron chi connectivity index (χ2n) is 5.61. The maximum Gasteiger partial charge on any atom is 0.249 e. The topological polar surface area (TPSA) is 53.9 Å². The molecule has 5 nitrogen and oxygen atoms in total. The molecule has 1 unspecified atom stereocenters. The molecule has 3 rings (SSSR count). The number of nitrogens with one attached hydrogen (secondary N) is 1. The Balaban J connectivity index is 1.85. The van der Waals surface area contributed by atoms with Crippen molar-refractivity contribution in [2.24, 2.45) is 0 Å². The van der Waals surface area contributed by atoms with Crippen molar-refractivity contribution in [3.63, 3.8) is 0 Å². The van der Waals surface area contributed by atoms with Crippen LogP contribution in [0, 0.1) is 0 Å². The third kappa shape index (κ3) is 3.67. The molecule has 0 bridgehead atoms. The summed E-state index contributed by atoms with van der Waals surface area (Å²) >= 11 is 12.4. The third-order valence-electron chi connectivity index (χ3n) is 4.14. The molecule has 122 valence electrons. The molecule has 1 aromatic heterocycles. The van der Waals surface area contributed by atoms with Crippen LogP contribution in [-0.4, -0.2) is 27.8 Å². The second-order valence-corrected chi connectivity index (χ2v) is 6.43. The van der Waals surface area contributed by atoms with Gasteiger partial charge in [0.2, 0.25) is 5.95 Å². The first-order valence-electron chi connectivity index (χ1n) is 7.86. The van der Waals surface area contributed by atoms with Crippen molar-refractivity contribution in [1.29, 1.82) is 0 Å². The normalized spacial score (nSPS) is 18.0. The van der Waals surface area contributed by atoms with E-state index in [1.54, 1.807) is 24.4 Å².